The van der Waals surface area contributed by atoms with Crippen molar-refractivity contribution in [2.75, 3.05) is 0 Å². The highest BCUT2D eigenvalue weighted by Gasteiger charge is 2.35. The summed E-state index contributed by atoms with van der Waals surface area (Å²) in [6.07, 6.45) is -4.62. The zero-order chi connectivity index (χ0) is 13.9. The number of carbonyl (C=O) groups excluding carboxylic acids is 2. The highest BCUT2D eigenvalue weighted by Crippen LogP contribution is 2.33. The van der Waals surface area contributed by atoms with Crippen LogP contribution in [-0.2, 0) is 11.0 Å². The van der Waals surface area contributed by atoms with Gasteiger partial charge in [-0.05, 0) is 13.0 Å². The molecule has 0 N–H and O–H groups in total. The normalized spacial score (nSPS) is 13.2. The van der Waals surface area contributed by atoms with Gasteiger partial charge in [0, 0.05) is 17.9 Å². The predicted octanol–water partition coefficient (Wildman–Crippen LogP) is 3.50. The second kappa shape index (κ2) is 5.33. The number of halogens is 3. The lowest BCUT2D eigenvalue weighted by atomic mass is 9.92. The number of rotatable bonds is 4. The maximum Gasteiger partial charge on any atom is 0.417 e. The lowest BCUT2D eigenvalue weighted by Crippen LogP contribution is -2.19. The summed E-state index contributed by atoms with van der Waals surface area (Å²) in [6, 6.07) is 4.62. The van der Waals surface area contributed by atoms with Gasteiger partial charge in [-0.15, -0.1) is 0 Å². The summed E-state index contributed by atoms with van der Waals surface area (Å²) in [5.74, 6) is -1.62. The molecule has 1 rings (SSSR count). The first-order chi connectivity index (χ1) is 8.23. The molecule has 0 saturated heterocycles. The summed E-state index contributed by atoms with van der Waals surface area (Å²) in [5, 5.41) is 0. The fourth-order valence-corrected chi connectivity index (χ4v) is 1.73. The van der Waals surface area contributed by atoms with Crippen LogP contribution < -0.4 is 0 Å². The van der Waals surface area contributed by atoms with Crippen molar-refractivity contribution in [1.82, 2.24) is 0 Å². The van der Waals surface area contributed by atoms with Crippen LogP contribution in [0.25, 0.3) is 0 Å². The highest BCUT2D eigenvalue weighted by atomic mass is 19.4. The van der Waals surface area contributed by atoms with Crippen LogP contribution in [0.15, 0.2) is 24.3 Å². The molecule has 0 aromatic heterocycles. The van der Waals surface area contributed by atoms with Gasteiger partial charge in [0.15, 0.2) is 5.78 Å². The van der Waals surface area contributed by atoms with E-state index in [9.17, 15) is 22.8 Å². The van der Waals surface area contributed by atoms with Crippen molar-refractivity contribution in [3.63, 3.8) is 0 Å². The van der Waals surface area contributed by atoms with Crippen molar-refractivity contribution in [3.05, 3.63) is 35.4 Å². The van der Waals surface area contributed by atoms with Gasteiger partial charge in [-0.1, -0.05) is 25.1 Å². The number of hydrogen-bond acceptors (Lipinski definition) is 2. The Hall–Kier alpha value is -1.65. The van der Waals surface area contributed by atoms with Crippen LogP contribution in [0.1, 0.15) is 36.2 Å². The van der Waals surface area contributed by atoms with Crippen molar-refractivity contribution in [3.8, 4) is 0 Å². The topological polar surface area (TPSA) is 34.1 Å². The Kier molecular flexibility index (Phi) is 4.27. The van der Waals surface area contributed by atoms with Crippen LogP contribution in [0, 0.1) is 5.92 Å². The maximum atomic E-state index is 12.7. The van der Waals surface area contributed by atoms with Gasteiger partial charge in [-0.2, -0.15) is 13.2 Å². The van der Waals surface area contributed by atoms with Gasteiger partial charge in [-0.3, -0.25) is 4.79 Å². The Morgan fingerprint density at radius 2 is 1.78 bits per heavy atom. The molecule has 0 fully saturated rings. The average molecular weight is 258 g/mol. The van der Waals surface area contributed by atoms with Crippen molar-refractivity contribution in [1.29, 1.82) is 0 Å². The van der Waals surface area contributed by atoms with E-state index in [0.717, 1.165) is 12.1 Å². The molecule has 0 heterocycles. The van der Waals surface area contributed by atoms with E-state index in [2.05, 4.69) is 0 Å². The van der Waals surface area contributed by atoms with Crippen LogP contribution in [-0.4, -0.2) is 11.6 Å². The molecule has 1 unspecified atom stereocenters. The Bertz CT molecular complexity index is 464. The van der Waals surface area contributed by atoms with E-state index in [0.29, 0.717) is 0 Å². The minimum atomic E-state index is -4.57. The first-order valence-corrected chi connectivity index (χ1v) is 5.43. The van der Waals surface area contributed by atoms with Gasteiger partial charge in [-0.25, -0.2) is 0 Å². The molecule has 0 bridgehead atoms. The quantitative estimate of drug-likeness (QED) is 0.774. The molecule has 0 amide bonds. The van der Waals surface area contributed by atoms with Crippen molar-refractivity contribution in [2.24, 2.45) is 5.92 Å². The standard InChI is InChI=1S/C13H13F3O2/c1-8(7-9(2)17)12(18)10-5-3-4-6-11(10)13(14,15)16/h3-6,8H,7H2,1-2H3. The SMILES string of the molecule is CC(=O)CC(C)C(=O)c1ccccc1C(F)(F)F. The Morgan fingerprint density at radius 1 is 1.22 bits per heavy atom. The van der Waals surface area contributed by atoms with Crippen molar-refractivity contribution in [2.45, 2.75) is 26.4 Å². The monoisotopic (exact) mass is 258 g/mol. The molecular formula is C13H13F3O2. The third kappa shape index (κ3) is 3.42. The van der Waals surface area contributed by atoms with Gasteiger partial charge in [0.2, 0.25) is 0 Å². The largest absolute Gasteiger partial charge is 0.417 e. The van der Waals surface area contributed by atoms with E-state index in [4.69, 9.17) is 0 Å². The van der Waals surface area contributed by atoms with E-state index >= 15 is 0 Å². The van der Waals surface area contributed by atoms with Gasteiger partial charge in [0.25, 0.3) is 0 Å². The lowest BCUT2D eigenvalue weighted by molar-refractivity contribution is -0.137. The molecular weight excluding hydrogens is 245 g/mol. The van der Waals surface area contributed by atoms with E-state index in [1.807, 2.05) is 0 Å². The first kappa shape index (κ1) is 14.4. The number of hydrogen-bond donors (Lipinski definition) is 0. The Morgan fingerprint density at radius 3 is 2.28 bits per heavy atom. The van der Waals surface area contributed by atoms with Gasteiger partial charge in [0.1, 0.15) is 5.78 Å². The fourth-order valence-electron chi connectivity index (χ4n) is 1.73. The third-order valence-corrected chi connectivity index (χ3v) is 2.54. The second-order valence-electron chi connectivity index (χ2n) is 4.21. The minimum absolute atomic E-state index is 0.0506. The summed E-state index contributed by atoms with van der Waals surface area (Å²) in [6.45, 7) is 2.76. The molecule has 1 aromatic rings. The summed E-state index contributed by atoms with van der Waals surface area (Å²) in [5.41, 5.74) is -1.33. The lowest BCUT2D eigenvalue weighted by Gasteiger charge is -2.14. The van der Waals surface area contributed by atoms with E-state index in [1.165, 1.54) is 26.0 Å². The third-order valence-electron chi connectivity index (χ3n) is 2.54. The van der Waals surface area contributed by atoms with Crippen LogP contribution in [0.4, 0.5) is 13.2 Å². The minimum Gasteiger partial charge on any atom is -0.300 e. The molecule has 0 aliphatic rings. The first-order valence-electron chi connectivity index (χ1n) is 5.43. The number of alkyl halides is 3. The fraction of sp³-hybridized carbons (Fsp3) is 0.385. The zero-order valence-electron chi connectivity index (χ0n) is 10.0. The van der Waals surface area contributed by atoms with Crippen LogP contribution in [0.5, 0.6) is 0 Å². The van der Waals surface area contributed by atoms with Gasteiger partial charge >= 0.3 is 6.18 Å². The van der Waals surface area contributed by atoms with E-state index in [-0.39, 0.29) is 17.8 Å². The van der Waals surface area contributed by atoms with E-state index < -0.39 is 23.4 Å². The maximum absolute atomic E-state index is 12.7. The highest BCUT2D eigenvalue weighted by molar-refractivity contribution is 6.00. The van der Waals surface area contributed by atoms with Gasteiger partial charge in [0.05, 0.1) is 5.56 Å². The molecule has 0 aliphatic carbocycles. The molecule has 5 heteroatoms. The summed E-state index contributed by atoms with van der Waals surface area (Å²) in [4.78, 5) is 22.8. The molecule has 0 spiro atoms. The molecule has 0 radical (unpaired) electrons. The van der Waals surface area contributed by atoms with Crippen LogP contribution in [0.3, 0.4) is 0 Å². The Labute approximate surface area is 103 Å². The molecule has 98 valence electrons. The summed E-state index contributed by atoms with van der Waals surface area (Å²) in [7, 11) is 0. The zero-order valence-corrected chi connectivity index (χ0v) is 10.0. The second-order valence-corrected chi connectivity index (χ2v) is 4.21. The number of carbonyl (C=O) groups is 2. The van der Waals surface area contributed by atoms with Crippen molar-refractivity contribution < 1.29 is 22.8 Å². The summed E-state index contributed by atoms with van der Waals surface area (Å²) < 4.78 is 38.1. The smallest absolute Gasteiger partial charge is 0.300 e. The predicted molar refractivity (Wildman–Crippen MR) is 60.2 cm³/mol. The van der Waals surface area contributed by atoms with Gasteiger partial charge < -0.3 is 4.79 Å². The molecule has 2 nitrogen and oxygen atoms in total. The Balaban J connectivity index is 3.10. The molecule has 0 aliphatic heterocycles. The number of ketones is 2. The molecule has 0 saturated carbocycles. The van der Waals surface area contributed by atoms with Crippen LogP contribution >= 0.6 is 0 Å². The average Bonchev–Trinajstić information content (AvgIpc) is 2.26. The van der Waals surface area contributed by atoms with Crippen molar-refractivity contribution >= 4 is 11.6 Å². The molecule has 18 heavy (non-hydrogen) atoms. The summed E-state index contributed by atoms with van der Waals surface area (Å²) >= 11 is 0. The molecule has 1 atom stereocenters. The van der Waals surface area contributed by atoms with E-state index in [1.54, 1.807) is 0 Å². The number of benzene rings is 1. The molecule has 1 aromatic carbocycles. The number of Topliss-reactive ketones (excluding diaryl/α,β-unsaturated/α-hetero) is 2. The van der Waals surface area contributed by atoms with Crippen LogP contribution in [0.2, 0.25) is 0 Å².